The largest absolute Gasteiger partial charge is 0.477 e. The van der Waals surface area contributed by atoms with Gasteiger partial charge in [0.05, 0.1) is 11.5 Å². The van der Waals surface area contributed by atoms with Gasteiger partial charge in [-0.25, -0.2) is 4.79 Å². The molecule has 108 valence electrons. The summed E-state index contributed by atoms with van der Waals surface area (Å²) in [6.45, 7) is 1.17. The van der Waals surface area contributed by atoms with Crippen molar-refractivity contribution in [2.75, 3.05) is 13.7 Å². The summed E-state index contributed by atoms with van der Waals surface area (Å²) < 4.78 is 9.82. The Morgan fingerprint density at radius 3 is 2.75 bits per heavy atom. The van der Waals surface area contributed by atoms with E-state index < -0.39 is 34.0 Å². The predicted octanol–water partition coefficient (Wildman–Crippen LogP) is 0.589. The third-order valence-electron chi connectivity index (χ3n) is 2.35. The van der Waals surface area contributed by atoms with Crippen LogP contribution in [0.4, 0.5) is 5.69 Å². The van der Waals surface area contributed by atoms with E-state index in [1.165, 1.54) is 14.0 Å². The van der Waals surface area contributed by atoms with E-state index in [1.807, 2.05) is 0 Å². The number of nitro groups is 1. The maximum absolute atomic E-state index is 11.1. The Morgan fingerprint density at radius 1 is 1.65 bits per heavy atom. The van der Waals surface area contributed by atoms with Gasteiger partial charge in [0.1, 0.15) is 11.3 Å². The number of aromatic nitrogens is 1. The molecule has 9 heteroatoms. The fourth-order valence-electron chi connectivity index (χ4n) is 1.48. The number of pyridine rings is 1. The SMILES string of the molecule is COC[C@@H](C=O)Oc1c(C(=O)O)cnc(C)c1[N+](=O)[O-]. The molecule has 0 fully saturated rings. The van der Waals surface area contributed by atoms with Crippen LogP contribution >= 0.6 is 0 Å². The first-order chi connectivity index (χ1) is 9.42. The molecule has 1 aromatic heterocycles. The summed E-state index contributed by atoms with van der Waals surface area (Å²) in [6, 6.07) is 0. The van der Waals surface area contributed by atoms with Crippen molar-refractivity contribution < 1.29 is 29.1 Å². The van der Waals surface area contributed by atoms with Gasteiger partial charge < -0.3 is 14.6 Å². The minimum atomic E-state index is -1.45. The second-order valence-corrected chi connectivity index (χ2v) is 3.75. The molecule has 20 heavy (non-hydrogen) atoms. The molecular formula is C11H12N2O7. The summed E-state index contributed by atoms with van der Waals surface area (Å²) in [4.78, 5) is 35.7. The Morgan fingerprint density at radius 2 is 2.30 bits per heavy atom. The van der Waals surface area contributed by atoms with E-state index in [4.69, 9.17) is 14.6 Å². The number of aromatic carboxylic acids is 1. The molecule has 0 aromatic carbocycles. The number of carbonyl (C=O) groups excluding carboxylic acids is 1. The number of hydrogen-bond acceptors (Lipinski definition) is 7. The van der Waals surface area contributed by atoms with Gasteiger partial charge in [0.2, 0.25) is 5.75 Å². The smallest absolute Gasteiger partial charge is 0.341 e. The Bertz CT molecular complexity index is 544. The first-order valence-electron chi connectivity index (χ1n) is 5.40. The van der Waals surface area contributed by atoms with Gasteiger partial charge in [-0.15, -0.1) is 0 Å². The topological polar surface area (TPSA) is 129 Å². The molecule has 1 heterocycles. The lowest BCUT2D eigenvalue weighted by molar-refractivity contribution is -0.386. The zero-order chi connectivity index (χ0) is 15.3. The van der Waals surface area contributed by atoms with E-state index in [-0.39, 0.29) is 12.3 Å². The molecule has 0 unspecified atom stereocenters. The summed E-state index contributed by atoms with van der Waals surface area (Å²) in [5.41, 5.74) is -1.10. The molecule has 9 nitrogen and oxygen atoms in total. The number of aldehydes is 1. The zero-order valence-electron chi connectivity index (χ0n) is 10.7. The van der Waals surface area contributed by atoms with Crippen LogP contribution in [0, 0.1) is 17.0 Å². The maximum Gasteiger partial charge on any atom is 0.341 e. The molecule has 1 rings (SSSR count). The number of carboxylic acids is 1. The normalized spacial score (nSPS) is 11.7. The van der Waals surface area contributed by atoms with Crippen molar-refractivity contribution in [3.05, 3.63) is 27.6 Å². The summed E-state index contributed by atoms with van der Waals surface area (Å²) in [5.74, 6) is -1.96. The molecule has 1 atom stereocenters. The van der Waals surface area contributed by atoms with Gasteiger partial charge in [-0.1, -0.05) is 0 Å². The van der Waals surface area contributed by atoms with Crippen molar-refractivity contribution in [1.29, 1.82) is 0 Å². The van der Waals surface area contributed by atoms with Crippen molar-refractivity contribution in [1.82, 2.24) is 4.98 Å². The van der Waals surface area contributed by atoms with Crippen LogP contribution in [-0.2, 0) is 9.53 Å². The van der Waals surface area contributed by atoms with Gasteiger partial charge in [-0.05, 0) is 6.92 Å². The number of aryl methyl sites for hydroxylation is 1. The van der Waals surface area contributed by atoms with Gasteiger partial charge in [0.15, 0.2) is 12.4 Å². The summed E-state index contributed by atoms with van der Waals surface area (Å²) >= 11 is 0. The standard InChI is InChI=1S/C11H12N2O7/c1-6-9(13(17)18)10(8(3-12-6)11(15)16)20-7(4-14)5-19-2/h3-4,7H,5H2,1-2H3,(H,15,16)/t7-/m1/s1. The molecule has 0 aliphatic carbocycles. The average molecular weight is 284 g/mol. The Kier molecular flexibility index (Phi) is 5.09. The number of rotatable bonds is 7. The molecule has 1 aromatic rings. The molecule has 0 aliphatic rings. The van der Waals surface area contributed by atoms with Crippen LogP contribution in [0.25, 0.3) is 0 Å². The van der Waals surface area contributed by atoms with Crippen LogP contribution in [0.5, 0.6) is 5.75 Å². The molecule has 0 saturated carbocycles. The maximum atomic E-state index is 11.1. The van der Waals surface area contributed by atoms with Crippen LogP contribution in [-0.4, -0.2) is 47.1 Å². The van der Waals surface area contributed by atoms with Crippen LogP contribution in [0.2, 0.25) is 0 Å². The van der Waals surface area contributed by atoms with Crippen molar-refractivity contribution in [3.63, 3.8) is 0 Å². The molecule has 0 aliphatic heterocycles. The predicted molar refractivity (Wildman–Crippen MR) is 64.9 cm³/mol. The average Bonchev–Trinajstić information content (AvgIpc) is 2.37. The molecule has 0 radical (unpaired) electrons. The second kappa shape index (κ2) is 6.57. The van der Waals surface area contributed by atoms with Crippen LogP contribution in [0.3, 0.4) is 0 Å². The monoisotopic (exact) mass is 284 g/mol. The quantitative estimate of drug-likeness (QED) is 0.437. The van der Waals surface area contributed by atoms with Crippen LogP contribution in [0.15, 0.2) is 6.20 Å². The van der Waals surface area contributed by atoms with Crippen molar-refractivity contribution in [2.24, 2.45) is 0 Å². The van der Waals surface area contributed by atoms with Gasteiger partial charge in [0, 0.05) is 13.3 Å². The van der Waals surface area contributed by atoms with Crippen LogP contribution in [0.1, 0.15) is 16.1 Å². The Hall–Kier alpha value is -2.55. The van der Waals surface area contributed by atoms with Gasteiger partial charge in [-0.3, -0.25) is 19.9 Å². The summed E-state index contributed by atoms with van der Waals surface area (Å²) in [6.07, 6.45) is 0.155. The zero-order valence-corrected chi connectivity index (χ0v) is 10.7. The van der Waals surface area contributed by atoms with Crippen molar-refractivity contribution in [3.8, 4) is 5.75 Å². The highest BCUT2D eigenvalue weighted by Crippen LogP contribution is 2.33. The first kappa shape index (κ1) is 15.5. The molecule has 0 amide bonds. The van der Waals surface area contributed by atoms with E-state index in [2.05, 4.69) is 4.98 Å². The molecule has 1 N–H and O–H groups in total. The van der Waals surface area contributed by atoms with Crippen molar-refractivity contribution in [2.45, 2.75) is 13.0 Å². The number of hydrogen-bond donors (Lipinski definition) is 1. The lowest BCUT2D eigenvalue weighted by Gasteiger charge is -2.14. The second-order valence-electron chi connectivity index (χ2n) is 3.75. The lowest BCUT2D eigenvalue weighted by atomic mass is 10.2. The van der Waals surface area contributed by atoms with E-state index in [1.54, 1.807) is 0 Å². The van der Waals surface area contributed by atoms with E-state index >= 15 is 0 Å². The number of carbonyl (C=O) groups is 2. The van der Waals surface area contributed by atoms with Gasteiger partial charge in [0.25, 0.3) is 0 Å². The number of nitrogens with zero attached hydrogens (tertiary/aromatic N) is 2. The summed E-state index contributed by atoms with van der Waals surface area (Å²) in [7, 11) is 1.31. The lowest BCUT2D eigenvalue weighted by Crippen LogP contribution is -2.25. The molecular weight excluding hydrogens is 272 g/mol. The number of ether oxygens (including phenoxy) is 2. The van der Waals surface area contributed by atoms with Crippen molar-refractivity contribution >= 4 is 17.9 Å². The third kappa shape index (κ3) is 3.26. The number of carboxylic acid groups (broad SMARTS) is 1. The minimum absolute atomic E-state index is 0.0166. The van der Waals surface area contributed by atoms with Gasteiger partial charge in [-0.2, -0.15) is 0 Å². The van der Waals surface area contributed by atoms with E-state index in [9.17, 15) is 19.7 Å². The summed E-state index contributed by atoms with van der Waals surface area (Å²) in [5, 5.41) is 20.0. The highest BCUT2D eigenvalue weighted by Gasteiger charge is 2.29. The molecule has 0 bridgehead atoms. The fourth-order valence-corrected chi connectivity index (χ4v) is 1.48. The highest BCUT2D eigenvalue weighted by molar-refractivity contribution is 5.92. The first-order valence-corrected chi connectivity index (χ1v) is 5.40. The fraction of sp³-hybridized carbons (Fsp3) is 0.364. The van der Waals surface area contributed by atoms with Gasteiger partial charge >= 0.3 is 11.7 Å². The van der Waals surface area contributed by atoms with E-state index in [0.29, 0.717) is 6.29 Å². The Labute approximate surface area is 113 Å². The third-order valence-corrected chi connectivity index (χ3v) is 2.35. The molecule has 0 spiro atoms. The number of methoxy groups -OCH3 is 1. The van der Waals surface area contributed by atoms with E-state index in [0.717, 1.165) is 6.20 Å². The Balaban J connectivity index is 3.38. The molecule has 0 saturated heterocycles. The highest BCUT2D eigenvalue weighted by atomic mass is 16.6. The van der Waals surface area contributed by atoms with Crippen LogP contribution < -0.4 is 4.74 Å². The minimum Gasteiger partial charge on any atom is -0.477 e.